The Morgan fingerprint density at radius 2 is 1.86 bits per heavy atom. The van der Waals surface area contributed by atoms with Gasteiger partial charge in [0.2, 0.25) is 0 Å². The Bertz CT molecular complexity index is 526. The normalized spacial score (nSPS) is 15.4. The maximum absolute atomic E-state index is 13.0. The second kappa shape index (κ2) is 7.06. The van der Waals surface area contributed by atoms with E-state index in [2.05, 4.69) is 0 Å². The summed E-state index contributed by atoms with van der Waals surface area (Å²) in [7, 11) is 0. The second-order valence-corrected chi connectivity index (χ2v) is 5.11. The summed E-state index contributed by atoms with van der Waals surface area (Å²) in [5.74, 6) is -1.46. The number of hydrogen-bond acceptors (Lipinski definition) is 4. The Hall–Kier alpha value is -2.11. The van der Waals surface area contributed by atoms with Crippen LogP contribution in [-0.2, 0) is 9.53 Å². The van der Waals surface area contributed by atoms with E-state index >= 15 is 0 Å². The summed E-state index contributed by atoms with van der Waals surface area (Å²) in [5, 5.41) is 0. The van der Waals surface area contributed by atoms with Gasteiger partial charge in [-0.15, -0.1) is 0 Å². The van der Waals surface area contributed by atoms with Crippen molar-refractivity contribution in [1.29, 1.82) is 0 Å². The number of hydrogen-bond donors (Lipinski definition) is 1. The molecule has 0 bridgehead atoms. The lowest BCUT2D eigenvalue weighted by atomic mass is 10.2. The minimum Gasteiger partial charge on any atom is -0.452 e. The Labute approximate surface area is 122 Å². The van der Waals surface area contributed by atoms with E-state index in [1.165, 1.54) is 12.1 Å². The summed E-state index contributed by atoms with van der Waals surface area (Å²) in [6.07, 6.45) is 4.21. The molecule has 5 nitrogen and oxygen atoms in total. The number of likely N-dealkylation sites (tertiary alicyclic amines) is 1. The van der Waals surface area contributed by atoms with Gasteiger partial charge in [-0.05, 0) is 31.0 Å². The first-order valence-corrected chi connectivity index (χ1v) is 7.08. The molecule has 0 saturated carbocycles. The molecule has 6 heteroatoms. The van der Waals surface area contributed by atoms with Crippen LogP contribution in [0.5, 0.6) is 0 Å². The predicted molar refractivity (Wildman–Crippen MR) is 76.1 cm³/mol. The van der Waals surface area contributed by atoms with Crippen molar-refractivity contribution in [2.24, 2.45) is 0 Å². The van der Waals surface area contributed by atoms with Gasteiger partial charge in [-0.25, -0.2) is 9.18 Å². The molecule has 1 saturated heterocycles. The third kappa shape index (κ3) is 4.18. The molecule has 1 aromatic rings. The Morgan fingerprint density at radius 3 is 2.48 bits per heavy atom. The molecule has 0 atom stereocenters. The van der Waals surface area contributed by atoms with Gasteiger partial charge >= 0.3 is 5.97 Å². The van der Waals surface area contributed by atoms with E-state index in [1.807, 2.05) is 0 Å². The van der Waals surface area contributed by atoms with E-state index in [1.54, 1.807) is 4.90 Å². The zero-order chi connectivity index (χ0) is 15.2. The van der Waals surface area contributed by atoms with E-state index in [9.17, 15) is 14.0 Å². The average Bonchev–Trinajstić information content (AvgIpc) is 2.76. The predicted octanol–water partition coefficient (Wildman–Crippen LogP) is 1.97. The van der Waals surface area contributed by atoms with Crippen molar-refractivity contribution in [1.82, 2.24) is 4.90 Å². The molecule has 0 aliphatic carbocycles. The number of halogens is 1. The third-order valence-electron chi connectivity index (χ3n) is 3.52. The lowest BCUT2D eigenvalue weighted by Gasteiger charge is -2.19. The van der Waals surface area contributed by atoms with Crippen molar-refractivity contribution in [2.75, 3.05) is 25.4 Å². The highest BCUT2D eigenvalue weighted by atomic mass is 19.1. The first kappa shape index (κ1) is 15.3. The molecule has 114 valence electrons. The molecule has 0 radical (unpaired) electrons. The molecule has 21 heavy (non-hydrogen) atoms. The molecule has 2 N–H and O–H groups in total. The molecule has 1 heterocycles. The SMILES string of the molecule is Nc1cc(C(=O)OCC(=O)N2CCCCCC2)ccc1F. The maximum atomic E-state index is 13.0. The zero-order valence-corrected chi connectivity index (χ0v) is 11.8. The van der Waals surface area contributed by atoms with Crippen LogP contribution in [0.4, 0.5) is 10.1 Å². The average molecular weight is 294 g/mol. The number of carbonyl (C=O) groups is 2. The van der Waals surface area contributed by atoms with Gasteiger partial charge in [-0.3, -0.25) is 4.79 Å². The van der Waals surface area contributed by atoms with Crippen molar-refractivity contribution in [3.05, 3.63) is 29.6 Å². The molecule has 2 rings (SSSR count). The van der Waals surface area contributed by atoms with E-state index < -0.39 is 11.8 Å². The van der Waals surface area contributed by atoms with Crippen LogP contribution >= 0.6 is 0 Å². The number of nitrogens with two attached hydrogens (primary N) is 1. The van der Waals surface area contributed by atoms with Gasteiger partial charge in [0.25, 0.3) is 5.91 Å². The monoisotopic (exact) mass is 294 g/mol. The molecule has 0 aromatic heterocycles. The van der Waals surface area contributed by atoms with Crippen LogP contribution in [-0.4, -0.2) is 36.5 Å². The summed E-state index contributed by atoms with van der Waals surface area (Å²) >= 11 is 0. The minimum absolute atomic E-state index is 0.122. The van der Waals surface area contributed by atoms with Crippen molar-refractivity contribution in [3.8, 4) is 0 Å². The number of ether oxygens (including phenoxy) is 1. The number of nitrogens with zero attached hydrogens (tertiary/aromatic N) is 1. The molecule has 0 spiro atoms. The standard InChI is InChI=1S/C15H19FN2O3/c16-12-6-5-11(9-13(12)17)15(20)21-10-14(19)18-7-3-1-2-4-8-18/h5-6,9H,1-4,7-8,10,17H2. The first-order chi connectivity index (χ1) is 10.1. The van der Waals surface area contributed by atoms with Gasteiger partial charge in [-0.1, -0.05) is 12.8 Å². The minimum atomic E-state index is -0.676. The second-order valence-electron chi connectivity index (χ2n) is 5.11. The van der Waals surface area contributed by atoms with Gasteiger partial charge in [0.15, 0.2) is 6.61 Å². The number of benzene rings is 1. The van der Waals surface area contributed by atoms with Crippen LogP contribution in [0.15, 0.2) is 18.2 Å². The van der Waals surface area contributed by atoms with Crippen LogP contribution in [0, 0.1) is 5.82 Å². The highest BCUT2D eigenvalue weighted by Gasteiger charge is 2.18. The molecule has 1 aliphatic rings. The Kier molecular flexibility index (Phi) is 5.14. The maximum Gasteiger partial charge on any atom is 0.338 e. The van der Waals surface area contributed by atoms with Crippen LogP contribution < -0.4 is 5.73 Å². The molecular formula is C15H19FN2O3. The van der Waals surface area contributed by atoms with Crippen molar-refractivity contribution < 1.29 is 18.7 Å². The van der Waals surface area contributed by atoms with Crippen LogP contribution in [0.2, 0.25) is 0 Å². The summed E-state index contributed by atoms with van der Waals surface area (Å²) in [6, 6.07) is 3.58. The van der Waals surface area contributed by atoms with Gasteiger partial charge in [0.1, 0.15) is 5.82 Å². The zero-order valence-electron chi connectivity index (χ0n) is 11.8. The number of carbonyl (C=O) groups excluding carboxylic acids is 2. The van der Waals surface area contributed by atoms with E-state index in [4.69, 9.17) is 10.5 Å². The van der Waals surface area contributed by atoms with Crippen LogP contribution in [0.3, 0.4) is 0 Å². The number of rotatable bonds is 3. The summed E-state index contributed by atoms with van der Waals surface area (Å²) in [4.78, 5) is 25.5. The first-order valence-electron chi connectivity index (χ1n) is 7.08. The third-order valence-corrected chi connectivity index (χ3v) is 3.52. The van der Waals surface area contributed by atoms with Crippen molar-refractivity contribution in [2.45, 2.75) is 25.7 Å². The molecular weight excluding hydrogens is 275 g/mol. The summed E-state index contributed by atoms with van der Waals surface area (Å²) in [6.45, 7) is 1.12. The van der Waals surface area contributed by atoms with Gasteiger partial charge in [0, 0.05) is 13.1 Å². The lowest BCUT2D eigenvalue weighted by molar-refractivity contribution is -0.134. The highest BCUT2D eigenvalue weighted by Crippen LogP contribution is 2.14. The number of anilines is 1. The topological polar surface area (TPSA) is 72.6 Å². The van der Waals surface area contributed by atoms with E-state index in [0.29, 0.717) is 13.1 Å². The molecule has 1 aliphatic heterocycles. The number of nitrogen functional groups attached to an aromatic ring is 1. The van der Waals surface area contributed by atoms with Gasteiger partial charge < -0.3 is 15.4 Å². The van der Waals surface area contributed by atoms with Gasteiger partial charge in [0.05, 0.1) is 11.3 Å². The van der Waals surface area contributed by atoms with Gasteiger partial charge in [-0.2, -0.15) is 0 Å². The largest absolute Gasteiger partial charge is 0.452 e. The Morgan fingerprint density at radius 1 is 1.19 bits per heavy atom. The van der Waals surface area contributed by atoms with Crippen LogP contribution in [0.25, 0.3) is 0 Å². The lowest BCUT2D eigenvalue weighted by Crippen LogP contribution is -2.35. The number of amides is 1. The molecule has 1 fully saturated rings. The number of esters is 1. The Balaban J connectivity index is 1.87. The molecule has 1 aromatic carbocycles. The highest BCUT2D eigenvalue weighted by molar-refractivity contribution is 5.92. The fourth-order valence-electron chi connectivity index (χ4n) is 2.29. The smallest absolute Gasteiger partial charge is 0.338 e. The quantitative estimate of drug-likeness (QED) is 0.683. The summed E-state index contributed by atoms with van der Waals surface area (Å²) in [5.41, 5.74) is 5.41. The molecule has 1 amide bonds. The fourth-order valence-corrected chi connectivity index (χ4v) is 2.29. The summed E-state index contributed by atoms with van der Waals surface area (Å²) < 4.78 is 18.0. The van der Waals surface area contributed by atoms with E-state index in [-0.39, 0.29) is 23.8 Å². The van der Waals surface area contributed by atoms with Crippen molar-refractivity contribution >= 4 is 17.6 Å². The van der Waals surface area contributed by atoms with Crippen molar-refractivity contribution in [3.63, 3.8) is 0 Å². The van der Waals surface area contributed by atoms with E-state index in [0.717, 1.165) is 31.7 Å². The fraction of sp³-hybridized carbons (Fsp3) is 0.467. The van der Waals surface area contributed by atoms with Crippen LogP contribution in [0.1, 0.15) is 36.0 Å². The molecule has 0 unspecified atom stereocenters.